The van der Waals surface area contributed by atoms with Crippen LogP contribution < -0.4 is 0 Å². The fourth-order valence-corrected chi connectivity index (χ4v) is 3.59. The number of fused-ring (bicyclic) bond motifs is 2. The van der Waals surface area contributed by atoms with E-state index in [9.17, 15) is 0 Å². The molecule has 1 aromatic rings. The minimum Gasteiger partial charge on any atom is -0.339 e. The minimum atomic E-state index is 0.295. The van der Waals surface area contributed by atoms with Gasteiger partial charge in [-0.15, -0.1) is 0 Å². The molecular formula is C14H19N3O. The first-order valence-corrected chi connectivity index (χ1v) is 6.95. The van der Waals surface area contributed by atoms with Crippen molar-refractivity contribution < 1.29 is 4.52 Å². The normalized spacial score (nSPS) is 31.4. The number of nitrogens with zero attached hydrogens (tertiary/aromatic N) is 3. The van der Waals surface area contributed by atoms with Gasteiger partial charge in [-0.1, -0.05) is 18.5 Å². The summed E-state index contributed by atoms with van der Waals surface area (Å²) in [5, 5.41) is 12.8. The third-order valence-electron chi connectivity index (χ3n) is 4.52. The first-order chi connectivity index (χ1) is 8.76. The fourth-order valence-electron chi connectivity index (χ4n) is 3.59. The molecule has 4 atom stereocenters. The minimum absolute atomic E-state index is 0.295. The molecule has 2 saturated carbocycles. The highest BCUT2D eigenvalue weighted by molar-refractivity contribution is 5.06. The van der Waals surface area contributed by atoms with Gasteiger partial charge < -0.3 is 4.52 Å². The standard InChI is InChI=1S/C14H19N3O/c1-9(4-5-15)6-13-16-14(17-18-13)12-8-10-2-3-11(12)7-10/h9-12H,2-4,6-8H2,1H3. The lowest BCUT2D eigenvalue weighted by Crippen LogP contribution is -2.10. The molecule has 0 saturated heterocycles. The van der Waals surface area contributed by atoms with Crippen LogP contribution in [-0.2, 0) is 6.42 Å². The number of aromatic nitrogens is 2. The van der Waals surface area contributed by atoms with E-state index in [2.05, 4.69) is 16.2 Å². The van der Waals surface area contributed by atoms with Crippen LogP contribution in [0.3, 0.4) is 0 Å². The molecule has 0 amide bonds. The largest absolute Gasteiger partial charge is 0.339 e. The zero-order chi connectivity index (χ0) is 12.5. The zero-order valence-corrected chi connectivity index (χ0v) is 10.8. The highest BCUT2D eigenvalue weighted by Crippen LogP contribution is 2.52. The Bertz CT molecular complexity index is 462. The van der Waals surface area contributed by atoms with E-state index in [-0.39, 0.29) is 0 Å². The Morgan fingerprint density at radius 2 is 2.33 bits per heavy atom. The molecule has 1 aromatic heterocycles. The molecule has 1 heterocycles. The second-order valence-corrected chi connectivity index (χ2v) is 6.00. The van der Waals surface area contributed by atoms with Crippen LogP contribution in [-0.4, -0.2) is 10.1 Å². The maximum Gasteiger partial charge on any atom is 0.226 e. The molecule has 4 unspecified atom stereocenters. The zero-order valence-electron chi connectivity index (χ0n) is 10.8. The molecule has 4 heteroatoms. The molecule has 18 heavy (non-hydrogen) atoms. The molecule has 2 bridgehead atoms. The van der Waals surface area contributed by atoms with E-state index in [0.29, 0.717) is 24.1 Å². The molecule has 96 valence electrons. The van der Waals surface area contributed by atoms with Crippen molar-refractivity contribution in [3.63, 3.8) is 0 Å². The summed E-state index contributed by atoms with van der Waals surface area (Å²) >= 11 is 0. The molecule has 2 aliphatic carbocycles. The SMILES string of the molecule is CC(CC#N)Cc1nc(C2CC3CCC2C3)no1. The molecule has 3 rings (SSSR count). The van der Waals surface area contributed by atoms with E-state index in [1.807, 2.05) is 6.92 Å². The molecule has 4 nitrogen and oxygen atoms in total. The van der Waals surface area contributed by atoms with E-state index >= 15 is 0 Å². The quantitative estimate of drug-likeness (QED) is 0.817. The molecule has 0 aromatic carbocycles. The second-order valence-electron chi connectivity index (χ2n) is 6.00. The lowest BCUT2D eigenvalue weighted by molar-refractivity contribution is 0.341. The van der Waals surface area contributed by atoms with Gasteiger partial charge in [-0.25, -0.2) is 0 Å². The van der Waals surface area contributed by atoms with Gasteiger partial charge in [0.05, 0.1) is 6.07 Å². The monoisotopic (exact) mass is 245 g/mol. The van der Waals surface area contributed by atoms with Crippen LogP contribution in [0.2, 0.25) is 0 Å². The summed E-state index contributed by atoms with van der Waals surface area (Å²) in [5.41, 5.74) is 0. The summed E-state index contributed by atoms with van der Waals surface area (Å²) in [6, 6.07) is 2.18. The molecule has 0 radical (unpaired) electrons. The van der Waals surface area contributed by atoms with Crippen molar-refractivity contribution in [1.29, 1.82) is 5.26 Å². The van der Waals surface area contributed by atoms with Crippen LogP contribution in [0.5, 0.6) is 0 Å². The van der Waals surface area contributed by atoms with Gasteiger partial charge >= 0.3 is 0 Å². The van der Waals surface area contributed by atoms with Crippen molar-refractivity contribution in [3.8, 4) is 6.07 Å². The van der Waals surface area contributed by atoms with Crippen LogP contribution in [0.25, 0.3) is 0 Å². The molecule has 0 aliphatic heterocycles. The van der Waals surface area contributed by atoms with Crippen molar-refractivity contribution in [2.45, 2.75) is 51.4 Å². The van der Waals surface area contributed by atoms with Crippen molar-refractivity contribution in [1.82, 2.24) is 10.1 Å². The Morgan fingerprint density at radius 1 is 1.44 bits per heavy atom. The summed E-state index contributed by atoms with van der Waals surface area (Å²) in [5.74, 6) is 4.14. The van der Waals surface area contributed by atoms with Crippen molar-refractivity contribution in [3.05, 3.63) is 11.7 Å². The van der Waals surface area contributed by atoms with Crippen molar-refractivity contribution in [2.75, 3.05) is 0 Å². The third-order valence-corrected chi connectivity index (χ3v) is 4.52. The van der Waals surface area contributed by atoms with Crippen molar-refractivity contribution in [2.24, 2.45) is 17.8 Å². The average molecular weight is 245 g/mol. The van der Waals surface area contributed by atoms with E-state index in [4.69, 9.17) is 9.78 Å². The number of nitriles is 1. The number of hydrogen-bond acceptors (Lipinski definition) is 4. The van der Waals surface area contributed by atoms with Crippen LogP contribution in [0.4, 0.5) is 0 Å². The molecule has 0 N–H and O–H groups in total. The van der Waals surface area contributed by atoms with Crippen LogP contribution in [0.1, 0.15) is 56.7 Å². The van der Waals surface area contributed by atoms with Crippen LogP contribution >= 0.6 is 0 Å². The smallest absolute Gasteiger partial charge is 0.226 e. The topological polar surface area (TPSA) is 62.7 Å². The maximum atomic E-state index is 8.65. The van der Waals surface area contributed by atoms with E-state index in [1.165, 1.54) is 25.7 Å². The Morgan fingerprint density at radius 3 is 3.00 bits per heavy atom. The highest BCUT2D eigenvalue weighted by Gasteiger charge is 2.42. The van der Waals surface area contributed by atoms with E-state index in [1.54, 1.807) is 0 Å². The Labute approximate surface area is 107 Å². The predicted molar refractivity (Wildman–Crippen MR) is 65.6 cm³/mol. The molecule has 0 spiro atoms. The Kier molecular flexibility index (Phi) is 3.07. The molecule has 2 fully saturated rings. The summed E-state index contributed by atoms with van der Waals surface area (Å²) in [6.45, 7) is 2.05. The van der Waals surface area contributed by atoms with Gasteiger partial charge in [-0.3, -0.25) is 0 Å². The first kappa shape index (κ1) is 11.7. The molecular weight excluding hydrogens is 226 g/mol. The fraction of sp³-hybridized carbons (Fsp3) is 0.786. The van der Waals surface area contributed by atoms with Gasteiger partial charge in [0.15, 0.2) is 5.82 Å². The number of hydrogen-bond donors (Lipinski definition) is 0. The third kappa shape index (κ3) is 2.14. The average Bonchev–Trinajstić information content (AvgIpc) is 3.03. The van der Waals surface area contributed by atoms with Gasteiger partial charge in [0.2, 0.25) is 5.89 Å². The van der Waals surface area contributed by atoms with Gasteiger partial charge in [-0.2, -0.15) is 10.2 Å². The highest BCUT2D eigenvalue weighted by atomic mass is 16.5. The summed E-state index contributed by atoms with van der Waals surface area (Å²) in [4.78, 5) is 4.55. The molecule has 2 aliphatic rings. The predicted octanol–water partition coefficient (Wildman–Crippen LogP) is 3.07. The van der Waals surface area contributed by atoms with E-state index < -0.39 is 0 Å². The maximum absolute atomic E-state index is 8.65. The Hall–Kier alpha value is -1.37. The number of rotatable bonds is 4. The van der Waals surface area contributed by atoms with E-state index in [0.717, 1.165) is 24.1 Å². The van der Waals surface area contributed by atoms with Gasteiger partial charge in [-0.05, 0) is 37.0 Å². The second kappa shape index (κ2) is 4.72. The summed E-state index contributed by atoms with van der Waals surface area (Å²) in [7, 11) is 0. The first-order valence-electron chi connectivity index (χ1n) is 6.95. The summed E-state index contributed by atoms with van der Waals surface area (Å²) in [6.07, 6.45) is 6.61. The van der Waals surface area contributed by atoms with Gasteiger partial charge in [0, 0.05) is 18.8 Å². The van der Waals surface area contributed by atoms with Crippen LogP contribution in [0, 0.1) is 29.1 Å². The lowest BCUT2D eigenvalue weighted by Gasteiger charge is -2.17. The van der Waals surface area contributed by atoms with Crippen LogP contribution in [0.15, 0.2) is 4.52 Å². The lowest BCUT2D eigenvalue weighted by atomic mass is 9.88. The van der Waals surface area contributed by atoms with Crippen molar-refractivity contribution >= 4 is 0 Å². The summed E-state index contributed by atoms with van der Waals surface area (Å²) < 4.78 is 5.33. The Balaban J connectivity index is 1.65. The van der Waals surface area contributed by atoms with Gasteiger partial charge in [0.25, 0.3) is 0 Å². The van der Waals surface area contributed by atoms with Gasteiger partial charge in [0.1, 0.15) is 0 Å².